The molecule has 6 aliphatic rings. The number of para-hydroxylation sites is 6. The van der Waals surface area contributed by atoms with Crippen LogP contribution in [0.2, 0.25) is 34.9 Å². The molecule has 2 amide bonds. The number of methoxy groups -OCH3 is 1. The fraction of sp³-hybridized carbons (Fsp3) is 0.417. The van der Waals surface area contributed by atoms with Crippen LogP contribution in [0.15, 0.2) is 140 Å². The number of carbonyl (C=O) groups excluding carboxylic acids is 14. The number of amides is 2. The van der Waals surface area contributed by atoms with Gasteiger partial charge in [0.25, 0.3) is 5.91 Å². The predicted octanol–water partition coefficient (Wildman–Crippen LogP) is 8.09. The molecule has 7 aromatic carbocycles. The molecule has 6 aliphatic heterocycles. The van der Waals surface area contributed by atoms with Crippen molar-refractivity contribution in [3.05, 3.63) is 212 Å². The van der Waals surface area contributed by atoms with Gasteiger partial charge in [-0.05, 0) is 195 Å². The highest BCUT2D eigenvalue weighted by atomic mass is 32.2. The second-order valence-corrected chi connectivity index (χ2v) is 41.7. The van der Waals surface area contributed by atoms with Gasteiger partial charge in [0, 0.05) is 111 Å². The number of ketones is 12. The molecule has 6 heterocycles. The maximum atomic E-state index is 12.2. The summed E-state index contributed by atoms with van der Waals surface area (Å²) in [4.78, 5) is 164. The summed E-state index contributed by atoms with van der Waals surface area (Å²) in [6.07, 6.45) is 6.44. The molecule has 13 rings (SSSR count). The Morgan fingerprint density at radius 2 is 0.606 bits per heavy atom. The van der Waals surface area contributed by atoms with Gasteiger partial charge in [-0.3, -0.25) is 57.5 Å². The fourth-order valence-electron chi connectivity index (χ4n) is 16.6. The van der Waals surface area contributed by atoms with E-state index in [0.29, 0.717) is 118 Å². The molecule has 0 radical (unpaired) electrons. The van der Waals surface area contributed by atoms with Crippen LogP contribution in [0.3, 0.4) is 0 Å². The maximum Gasteiger partial charge on any atom is 0.526 e. The third-order valence-corrected chi connectivity index (χ3v) is 27.0. The summed E-state index contributed by atoms with van der Waals surface area (Å²) in [6, 6.07) is 40.0. The standard InChI is InChI=1S/C20H20BNO5.2C16H22BNO6S.C16H21BO6S.C15H18BNO6.C13H15BO4/c1-13(23)18-9-5-8-15-10-16(21(26)27-19(15)18)11-17(24)12-22-20(25)14-6-3-2-4-7-14;1-11(19)15-7-3-5-12-9-13(17(21)24-16(12)15)10-14(20)6-4-8-18-25(2,22)23;1-11(19)15-7-3-5-12-9-13(17(21)24-16(12)15)10-14(20)6-4-8-25(22,23)18-2;1-11(18)15-7-3-5-12-9-13(17(20)23-16(12)15)10-14(19)6-4-8-24(2,21)22;1-9(18)13-5-3-4-10-6-11(16(21)23-14(10)13)7-12(19)8-17-15(20)22-2;1-8(15)6-11-7-10-4-3-5-12(9(2)16)13(10)18-14(11)17/h2-9,16,26H,10-12H2,1H3,(H,22,25);2*3,5,7,13,18,21H,4,6,8-10H2,1-2H3;3,5,7,13,20H,4,6,8-10H2,1-2H3;3-5,11,21H,6-8H2,1-2H3,(H,17,20);3-5,11,17H,6-7H2,1-2H3/t16-;3*13-;2*11-/m111110/s1. The van der Waals surface area contributed by atoms with E-state index in [0.717, 1.165) is 45.9 Å². The van der Waals surface area contributed by atoms with Crippen molar-refractivity contribution >= 4 is 154 Å². The average molecular weight is 2020 g/mol. The normalized spacial score (nSPS) is 16.7. The van der Waals surface area contributed by atoms with Gasteiger partial charge in [0.05, 0.1) is 71.3 Å². The van der Waals surface area contributed by atoms with Crippen molar-refractivity contribution in [1.29, 1.82) is 0 Å². The van der Waals surface area contributed by atoms with Crippen molar-refractivity contribution in [2.45, 2.75) is 199 Å². The molecule has 0 aliphatic carbocycles. The zero-order valence-corrected chi connectivity index (χ0v) is 83.4. The SMILES string of the molecule is CC(=O)C[C@H]1Cc2cccc(C(C)=O)c2OB1O.CC(=O)c1cccc2c1OB(O)[C@@H](CC(=O)CCCNS(C)(=O)=O)C2.CC(=O)c1cccc2c1OB(O)[C@@H](CC(=O)CCCS(C)(=O)=O)C2.CC(=O)c1cccc2c1OB(O)[C@@H](CC(=O)CNC(=O)c1ccccc1)C2.CNS(=O)(=O)CCCC(=O)C[C@H]1Cc2cccc(C(C)=O)c2OB1O.COC(=O)NCC(=O)C[C@H]1Cc2cccc(C(C)=O)c2OB1O. The van der Waals surface area contributed by atoms with Gasteiger partial charge in [-0.15, -0.1) is 0 Å². The van der Waals surface area contributed by atoms with E-state index < -0.39 is 102 Å². The van der Waals surface area contributed by atoms with E-state index in [1.165, 1.54) is 62.6 Å². The lowest BCUT2D eigenvalue weighted by Gasteiger charge is -2.28. The van der Waals surface area contributed by atoms with Crippen LogP contribution in [-0.2, 0) is 102 Å². The highest BCUT2D eigenvalue weighted by Crippen LogP contribution is 2.43. The smallest absolute Gasteiger partial charge is 0.526 e. The van der Waals surface area contributed by atoms with Crippen LogP contribution in [0, 0.1) is 0 Å². The number of fused-ring (bicyclic) bond motifs is 6. The Kier molecular flexibility index (Phi) is 43.8. The third-order valence-electron chi connectivity index (χ3n) is 23.8. The molecule has 0 bridgehead atoms. The Hall–Kier alpha value is -12.0. The molecule has 10 N–H and O–H groups in total. The first kappa shape index (κ1) is 115. The molecular weight excluding hydrogens is 1900 g/mol. The predicted molar refractivity (Wildman–Crippen MR) is 531 cm³/mol. The molecule has 0 saturated carbocycles. The molecule has 0 saturated heterocycles. The van der Waals surface area contributed by atoms with Crippen molar-refractivity contribution in [1.82, 2.24) is 20.1 Å². The summed E-state index contributed by atoms with van der Waals surface area (Å²) in [6.45, 7) is 10.1. The number of carbonyl (C=O) groups is 14. The molecule has 142 heavy (non-hydrogen) atoms. The molecule has 0 spiro atoms. The Bertz CT molecular complexity index is 6160. The van der Waals surface area contributed by atoms with E-state index in [9.17, 15) is 123 Å². The van der Waals surface area contributed by atoms with Crippen LogP contribution >= 0.6 is 0 Å². The van der Waals surface area contributed by atoms with Crippen molar-refractivity contribution in [3.8, 4) is 34.5 Å². The van der Waals surface area contributed by atoms with E-state index in [1.54, 1.807) is 103 Å². The number of rotatable bonds is 37. The molecule has 37 nitrogen and oxygen atoms in total. The molecule has 756 valence electrons. The number of sulfonamides is 2. The Labute approximate surface area is 827 Å². The van der Waals surface area contributed by atoms with E-state index in [2.05, 4.69) is 24.8 Å². The minimum absolute atomic E-state index is 0.0206. The monoisotopic (exact) mass is 2020 g/mol. The fourth-order valence-corrected chi connectivity index (χ4v) is 18.6. The van der Waals surface area contributed by atoms with Crippen LogP contribution in [-0.4, -0.2) is 237 Å². The maximum absolute atomic E-state index is 12.2. The van der Waals surface area contributed by atoms with Crippen molar-refractivity contribution in [3.63, 3.8) is 0 Å². The van der Waals surface area contributed by atoms with Crippen molar-refractivity contribution in [2.75, 3.05) is 57.8 Å². The molecule has 0 unspecified atom stereocenters. The van der Waals surface area contributed by atoms with Crippen molar-refractivity contribution in [2.24, 2.45) is 0 Å². The first-order chi connectivity index (χ1) is 66.9. The van der Waals surface area contributed by atoms with Gasteiger partial charge in [-0.25, -0.2) is 39.5 Å². The lowest BCUT2D eigenvalue weighted by Crippen LogP contribution is -2.37. The zero-order valence-electron chi connectivity index (χ0n) is 80.9. The number of benzene rings is 7. The lowest BCUT2D eigenvalue weighted by molar-refractivity contribution is -0.120. The van der Waals surface area contributed by atoms with Gasteiger partial charge in [-0.1, -0.05) is 91.0 Å². The quantitative estimate of drug-likeness (QED) is 0.00998. The van der Waals surface area contributed by atoms with Crippen LogP contribution in [0.25, 0.3) is 0 Å². The Morgan fingerprint density at radius 1 is 0.345 bits per heavy atom. The van der Waals surface area contributed by atoms with Gasteiger partial charge in [0.1, 0.15) is 67.5 Å². The summed E-state index contributed by atoms with van der Waals surface area (Å²) >= 11 is 0. The molecular formula is C96H118B6N4O33S3. The molecule has 0 aromatic heterocycles. The van der Waals surface area contributed by atoms with Crippen LogP contribution in [0.4, 0.5) is 4.79 Å². The van der Waals surface area contributed by atoms with Crippen LogP contribution in [0.5, 0.6) is 34.5 Å². The third kappa shape index (κ3) is 35.6. The number of Topliss-reactive ketones (excluding diaryl/α,β-unsaturated/α-hetero) is 12. The number of sulfone groups is 1. The second-order valence-electron chi connectivity index (χ2n) is 35.6. The van der Waals surface area contributed by atoms with E-state index in [4.69, 9.17) is 27.9 Å². The highest BCUT2D eigenvalue weighted by molar-refractivity contribution is 7.90. The van der Waals surface area contributed by atoms with Gasteiger partial charge >= 0.3 is 48.8 Å². The summed E-state index contributed by atoms with van der Waals surface area (Å²) in [7, 11) is -14.0. The largest absolute Gasteiger partial charge is 0.535 e. The highest BCUT2D eigenvalue weighted by Gasteiger charge is 2.44. The Balaban J connectivity index is 0.000000209. The number of ether oxygens (including phenoxy) is 1. The van der Waals surface area contributed by atoms with Crippen LogP contribution in [0.1, 0.15) is 231 Å². The molecule has 46 heteroatoms. The summed E-state index contributed by atoms with van der Waals surface area (Å²) in [5.41, 5.74) is 7.89. The van der Waals surface area contributed by atoms with Crippen molar-refractivity contribution < 1.29 is 155 Å². The minimum Gasteiger partial charge on any atom is -0.535 e. The topological polar surface area (TPSA) is 576 Å². The minimum atomic E-state index is -3.32. The number of nitrogens with one attached hydrogen (secondary N) is 4. The van der Waals surface area contributed by atoms with Crippen LogP contribution < -0.4 is 48.0 Å². The first-order valence-corrected chi connectivity index (χ1v) is 51.7. The number of alkyl carbamates (subject to hydrolysis) is 1. The first-order valence-electron chi connectivity index (χ1n) is 46.1. The molecule has 0 fully saturated rings. The van der Waals surface area contributed by atoms with E-state index in [-0.39, 0.29) is 189 Å². The average Bonchev–Trinajstić information content (AvgIpc) is 0.815. The number of hydrogen-bond acceptors (Lipinski definition) is 33. The summed E-state index contributed by atoms with van der Waals surface area (Å²) in [5, 5.41) is 65.6. The summed E-state index contributed by atoms with van der Waals surface area (Å²) < 4.78 is 109. The molecule has 7 aromatic rings. The zero-order chi connectivity index (χ0) is 105. The lowest BCUT2D eigenvalue weighted by atomic mass is 9.64. The van der Waals surface area contributed by atoms with Gasteiger partial charge in [0.15, 0.2) is 46.3 Å². The van der Waals surface area contributed by atoms with Gasteiger partial charge < -0.3 is 78.2 Å². The molecule has 6 atom stereocenters. The number of hydrogen-bond donors (Lipinski definition) is 10. The van der Waals surface area contributed by atoms with Gasteiger partial charge in [-0.2, -0.15) is 0 Å². The van der Waals surface area contributed by atoms with E-state index >= 15 is 0 Å². The van der Waals surface area contributed by atoms with E-state index in [1.807, 2.05) is 36.4 Å². The van der Waals surface area contributed by atoms with Gasteiger partial charge in [0.2, 0.25) is 20.0 Å². The Morgan fingerprint density at radius 3 is 0.859 bits per heavy atom. The second kappa shape index (κ2) is 53.9. The summed E-state index contributed by atoms with van der Waals surface area (Å²) in [5.74, 6) is -1.88.